The van der Waals surface area contributed by atoms with Gasteiger partial charge in [-0.25, -0.2) is 4.98 Å². The number of rotatable bonds is 3. The molecule has 98 valence electrons. The van der Waals surface area contributed by atoms with Gasteiger partial charge in [-0.15, -0.1) is 0 Å². The second-order valence-corrected chi connectivity index (χ2v) is 4.82. The van der Waals surface area contributed by atoms with Gasteiger partial charge in [-0.2, -0.15) is 0 Å². The Hall–Kier alpha value is -1.87. The number of pyridine rings is 1. The van der Waals surface area contributed by atoms with E-state index in [1.54, 1.807) is 30.1 Å². The number of hydrogen-bond acceptors (Lipinski definition) is 2. The number of benzene rings is 1. The lowest BCUT2D eigenvalue weighted by Gasteiger charge is -2.18. The molecule has 0 aliphatic heterocycles. The predicted molar refractivity (Wildman–Crippen MR) is 76.2 cm³/mol. The quantitative estimate of drug-likeness (QED) is 0.805. The molecule has 0 aliphatic carbocycles. The Bertz CT molecular complexity index is 598. The Balaban J connectivity index is 2.14. The van der Waals surface area contributed by atoms with Crippen molar-refractivity contribution >= 4 is 17.5 Å². The summed E-state index contributed by atoms with van der Waals surface area (Å²) >= 11 is 5.80. The molecule has 1 heterocycles. The van der Waals surface area contributed by atoms with Crippen molar-refractivity contribution in [2.45, 2.75) is 13.5 Å². The molecule has 0 spiro atoms. The summed E-state index contributed by atoms with van der Waals surface area (Å²) in [5, 5.41) is 0.329. The highest BCUT2D eigenvalue weighted by molar-refractivity contribution is 6.29. The summed E-state index contributed by atoms with van der Waals surface area (Å²) in [4.78, 5) is 17.9. The molecule has 3 nitrogen and oxygen atoms in total. The Morgan fingerprint density at radius 2 is 1.95 bits per heavy atom. The second-order valence-electron chi connectivity index (χ2n) is 4.43. The maximum Gasteiger partial charge on any atom is 0.272 e. The van der Waals surface area contributed by atoms with Crippen LogP contribution >= 0.6 is 11.6 Å². The van der Waals surface area contributed by atoms with E-state index in [1.165, 1.54) is 5.56 Å². The van der Waals surface area contributed by atoms with Crippen molar-refractivity contribution in [2.24, 2.45) is 0 Å². The van der Waals surface area contributed by atoms with Gasteiger partial charge in [0.25, 0.3) is 5.91 Å². The molecule has 19 heavy (non-hydrogen) atoms. The SMILES string of the molecule is Cc1ccccc1CN(C)C(=O)c1cccc(Cl)n1. The van der Waals surface area contributed by atoms with E-state index < -0.39 is 0 Å². The van der Waals surface area contributed by atoms with Crippen LogP contribution in [0.2, 0.25) is 5.15 Å². The van der Waals surface area contributed by atoms with Crippen molar-refractivity contribution < 1.29 is 4.79 Å². The van der Waals surface area contributed by atoms with Gasteiger partial charge in [0, 0.05) is 13.6 Å². The molecule has 0 saturated carbocycles. The van der Waals surface area contributed by atoms with Crippen molar-refractivity contribution in [1.29, 1.82) is 0 Å². The first kappa shape index (κ1) is 13.6. The van der Waals surface area contributed by atoms with Gasteiger partial charge in [0.1, 0.15) is 10.8 Å². The summed E-state index contributed by atoms with van der Waals surface area (Å²) < 4.78 is 0. The molecule has 0 fully saturated rings. The van der Waals surface area contributed by atoms with Gasteiger partial charge in [0.2, 0.25) is 0 Å². The molecule has 4 heteroatoms. The molecule has 0 bridgehead atoms. The van der Waals surface area contributed by atoms with Gasteiger partial charge in [0.15, 0.2) is 0 Å². The van der Waals surface area contributed by atoms with Gasteiger partial charge in [-0.05, 0) is 30.2 Å². The van der Waals surface area contributed by atoms with Crippen molar-refractivity contribution in [2.75, 3.05) is 7.05 Å². The van der Waals surface area contributed by atoms with Crippen LogP contribution in [0.1, 0.15) is 21.6 Å². The van der Waals surface area contributed by atoms with Gasteiger partial charge < -0.3 is 4.90 Å². The van der Waals surface area contributed by atoms with Crippen LogP contribution in [0, 0.1) is 6.92 Å². The van der Waals surface area contributed by atoms with E-state index in [2.05, 4.69) is 4.98 Å². The first-order chi connectivity index (χ1) is 9.08. The van der Waals surface area contributed by atoms with Gasteiger partial charge >= 0.3 is 0 Å². The highest BCUT2D eigenvalue weighted by atomic mass is 35.5. The average Bonchev–Trinajstić information content (AvgIpc) is 2.40. The summed E-state index contributed by atoms with van der Waals surface area (Å²) in [6, 6.07) is 13.1. The minimum absolute atomic E-state index is 0.134. The largest absolute Gasteiger partial charge is 0.336 e. The van der Waals surface area contributed by atoms with E-state index in [0.717, 1.165) is 5.56 Å². The minimum atomic E-state index is -0.134. The third-order valence-corrected chi connectivity index (χ3v) is 3.16. The Morgan fingerprint density at radius 3 is 2.63 bits per heavy atom. The normalized spacial score (nSPS) is 10.3. The topological polar surface area (TPSA) is 33.2 Å². The zero-order valence-corrected chi connectivity index (χ0v) is 11.7. The highest BCUT2D eigenvalue weighted by Crippen LogP contribution is 2.12. The fourth-order valence-electron chi connectivity index (χ4n) is 1.84. The molecular formula is C15H15ClN2O. The summed E-state index contributed by atoms with van der Waals surface area (Å²) in [6.45, 7) is 2.59. The van der Waals surface area contributed by atoms with E-state index in [-0.39, 0.29) is 5.91 Å². The number of carbonyl (C=O) groups is 1. The monoisotopic (exact) mass is 274 g/mol. The predicted octanol–water partition coefficient (Wildman–Crippen LogP) is 3.32. The van der Waals surface area contributed by atoms with E-state index >= 15 is 0 Å². The third kappa shape index (κ3) is 3.32. The van der Waals surface area contributed by atoms with Crippen LogP contribution in [0.25, 0.3) is 0 Å². The maximum atomic E-state index is 12.2. The molecule has 1 amide bonds. The maximum absolute atomic E-state index is 12.2. The van der Waals surface area contributed by atoms with Crippen molar-refractivity contribution in [1.82, 2.24) is 9.88 Å². The molecule has 2 rings (SSSR count). The molecule has 0 unspecified atom stereocenters. The van der Waals surface area contributed by atoms with Crippen LogP contribution in [0.4, 0.5) is 0 Å². The fourth-order valence-corrected chi connectivity index (χ4v) is 2.00. The number of halogens is 1. The molecule has 0 N–H and O–H groups in total. The minimum Gasteiger partial charge on any atom is -0.336 e. The summed E-state index contributed by atoms with van der Waals surface area (Å²) in [5.41, 5.74) is 2.66. The average molecular weight is 275 g/mol. The van der Waals surface area contributed by atoms with Crippen molar-refractivity contribution in [3.8, 4) is 0 Å². The molecule has 1 aromatic carbocycles. The van der Waals surface area contributed by atoms with E-state index in [9.17, 15) is 4.79 Å². The van der Waals surface area contributed by atoms with Crippen molar-refractivity contribution in [3.63, 3.8) is 0 Å². The van der Waals surface area contributed by atoms with Gasteiger partial charge in [-0.1, -0.05) is 41.9 Å². The Kier molecular flexibility index (Phi) is 4.17. The number of nitrogens with zero attached hydrogens (tertiary/aromatic N) is 2. The molecule has 0 saturated heterocycles. The Morgan fingerprint density at radius 1 is 1.21 bits per heavy atom. The van der Waals surface area contributed by atoms with E-state index in [4.69, 9.17) is 11.6 Å². The van der Waals surface area contributed by atoms with Crippen molar-refractivity contribution in [3.05, 3.63) is 64.4 Å². The lowest BCUT2D eigenvalue weighted by atomic mass is 10.1. The number of amides is 1. The zero-order chi connectivity index (χ0) is 13.8. The first-order valence-electron chi connectivity index (χ1n) is 6.00. The summed E-state index contributed by atoms with van der Waals surface area (Å²) in [5.74, 6) is -0.134. The molecule has 0 atom stereocenters. The number of aromatic nitrogens is 1. The molecular weight excluding hydrogens is 260 g/mol. The first-order valence-corrected chi connectivity index (χ1v) is 6.38. The number of hydrogen-bond donors (Lipinski definition) is 0. The smallest absolute Gasteiger partial charge is 0.272 e. The highest BCUT2D eigenvalue weighted by Gasteiger charge is 2.14. The van der Waals surface area contributed by atoms with Crippen LogP contribution in [-0.2, 0) is 6.54 Å². The number of aryl methyl sites for hydroxylation is 1. The Labute approximate surface area is 117 Å². The van der Waals surface area contributed by atoms with Crippen LogP contribution < -0.4 is 0 Å². The van der Waals surface area contributed by atoms with Crippen LogP contribution in [-0.4, -0.2) is 22.8 Å². The lowest BCUT2D eigenvalue weighted by molar-refractivity contribution is 0.0779. The zero-order valence-electron chi connectivity index (χ0n) is 10.9. The number of carbonyl (C=O) groups excluding carboxylic acids is 1. The van der Waals surface area contributed by atoms with E-state index in [0.29, 0.717) is 17.4 Å². The molecule has 1 aromatic heterocycles. The lowest BCUT2D eigenvalue weighted by Crippen LogP contribution is -2.27. The molecule has 2 aromatic rings. The second kappa shape index (κ2) is 5.85. The fraction of sp³-hybridized carbons (Fsp3) is 0.200. The molecule has 0 aliphatic rings. The summed E-state index contributed by atoms with van der Waals surface area (Å²) in [6.07, 6.45) is 0. The van der Waals surface area contributed by atoms with Gasteiger partial charge in [0.05, 0.1) is 0 Å². The standard InChI is InChI=1S/C15H15ClN2O/c1-11-6-3-4-7-12(11)10-18(2)15(19)13-8-5-9-14(16)17-13/h3-9H,10H2,1-2H3. The van der Waals surface area contributed by atoms with Crippen LogP contribution in [0.5, 0.6) is 0 Å². The van der Waals surface area contributed by atoms with Crippen LogP contribution in [0.15, 0.2) is 42.5 Å². The summed E-state index contributed by atoms with van der Waals surface area (Å²) in [7, 11) is 1.76. The van der Waals surface area contributed by atoms with Crippen LogP contribution in [0.3, 0.4) is 0 Å². The molecule has 0 radical (unpaired) electrons. The third-order valence-electron chi connectivity index (χ3n) is 2.95. The van der Waals surface area contributed by atoms with Gasteiger partial charge in [-0.3, -0.25) is 4.79 Å². The van der Waals surface area contributed by atoms with E-state index in [1.807, 2.05) is 31.2 Å².